The van der Waals surface area contributed by atoms with Crippen LogP contribution in [0.15, 0.2) is 48.8 Å². The summed E-state index contributed by atoms with van der Waals surface area (Å²) in [5.74, 6) is -0.792. The number of carbonyl (C=O) groups is 6. The Labute approximate surface area is 367 Å². The van der Waals surface area contributed by atoms with E-state index in [2.05, 4.69) is 27.1 Å². The zero-order valence-corrected chi connectivity index (χ0v) is 36.2. The van der Waals surface area contributed by atoms with Crippen LogP contribution >= 0.6 is 11.6 Å². The molecular weight excluding hydrogens is 812 g/mol. The summed E-state index contributed by atoms with van der Waals surface area (Å²) in [6.07, 6.45) is 11.7. The highest BCUT2D eigenvalue weighted by Crippen LogP contribution is 2.43. The molecule has 1 aliphatic carbocycles. The van der Waals surface area contributed by atoms with Gasteiger partial charge >= 0.3 is 0 Å². The van der Waals surface area contributed by atoms with Crippen molar-refractivity contribution in [3.8, 4) is 5.75 Å². The van der Waals surface area contributed by atoms with Gasteiger partial charge in [-0.3, -0.25) is 39.0 Å². The van der Waals surface area contributed by atoms with Gasteiger partial charge < -0.3 is 19.6 Å². The molecule has 4 atom stereocenters. The minimum Gasteiger partial charge on any atom is -0.493 e. The lowest BCUT2D eigenvalue weighted by Crippen LogP contribution is -2.54. The number of Topliss-reactive ketones (excluding diaryl/α,β-unsaturated/α-hetero) is 1. The quantitative estimate of drug-likeness (QED) is 0.0898. The Kier molecular flexibility index (Phi) is 15.0. The van der Waals surface area contributed by atoms with Crippen LogP contribution in [0.5, 0.6) is 5.75 Å². The van der Waals surface area contributed by atoms with E-state index in [0.717, 1.165) is 85.3 Å². The number of rotatable bonds is 20. The minimum absolute atomic E-state index is 0.0630. The van der Waals surface area contributed by atoms with Crippen molar-refractivity contribution in [3.63, 3.8) is 0 Å². The number of imide groups is 2. The Morgan fingerprint density at radius 3 is 2.29 bits per heavy atom. The summed E-state index contributed by atoms with van der Waals surface area (Å²) >= 11 is 6.20. The van der Waals surface area contributed by atoms with Crippen LogP contribution in [-0.4, -0.2) is 99.0 Å². The average Bonchev–Trinajstić information content (AvgIpc) is 3.71. The maximum atomic E-state index is 14.0. The normalized spacial score (nSPS) is 20.3. The van der Waals surface area contributed by atoms with Gasteiger partial charge in [-0.1, -0.05) is 75.2 Å². The molecule has 62 heavy (non-hydrogen) atoms. The molecule has 14 nitrogen and oxygen atoms in total. The summed E-state index contributed by atoms with van der Waals surface area (Å²) in [6, 6.07) is 11.4. The van der Waals surface area contributed by atoms with Crippen molar-refractivity contribution in [2.45, 2.75) is 127 Å². The molecule has 2 N–H and O–H groups in total. The summed E-state index contributed by atoms with van der Waals surface area (Å²) in [4.78, 5) is 91.1. The molecule has 2 saturated heterocycles. The van der Waals surface area contributed by atoms with Gasteiger partial charge in [-0.15, -0.1) is 0 Å². The number of hydrogen-bond acceptors (Lipinski definition) is 11. The molecule has 3 aromatic rings. The molecule has 330 valence electrons. The lowest BCUT2D eigenvalue weighted by molar-refractivity contribution is -0.136. The number of ketones is 1. The van der Waals surface area contributed by atoms with E-state index in [1.165, 1.54) is 6.33 Å². The van der Waals surface area contributed by atoms with Gasteiger partial charge in [0.1, 0.15) is 29.7 Å². The van der Waals surface area contributed by atoms with E-state index in [9.17, 15) is 33.9 Å². The molecule has 1 aromatic heterocycles. The molecule has 0 bridgehead atoms. The van der Waals surface area contributed by atoms with Crippen molar-refractivity contribution in [3.05, 3.63) is 81.8 Å². The van der Waals surface area contributed by atoms with Crippen molar-refractivity contribution in [1.82, 2.24) is 25.1 Å². The Balaban J connectivity index is 0.766. The summed E-state index contributed by atoms with van der Waals surface area (Å²) < 4.78 is 5.95. The first-order valence-corrected chi connectivity index (χ1v) is 22.7. The zero-order valence-electron chi connectivity index (χ0n) is 35.5. The second-order valence-electron chi connectivity index (χ2n) is 17.0. The molecule has 15 heteroatoms. The van der Waals surface area contributed by atoms with Gasteiger partial charge in [-0.25, -0.2) is 9.97 Å². The number of aliphatic hydroxyl groups is 1. The van der Waals surface area contributed by atoms with Gasteiger partial charge in [-0.2, -0.15) is 0 Å². The second kappa shape index (κ2) is 20.8. The maximum Gasteiger partial charge on any atom is 0.266 e. The highest BCUT2D eigenvalue weighted by atomic mass is 35.5. The Morgan fingerprint density at radius 1 is 0.871 bits per heavy atom. The fourth-order valence-corrected chi connectivity index (χ4v) is 9.46. The molecule has 2 fully saturated rings. The third-order valence-corrected chi connectivity index (χ3v) is 13.0. The highest BCUT2D eigenvalue weighted by molar-refractivity contribution is 6.30. The van der Waals surface area contributed by atoms with Crippen molar-refractivity contribution in [1.29, 1.82) is 0 Å². The number of anilines is 1. The third-order valence-electron chi connectivity index (χ3n) is 12.7. The lowest BCUT2D eigenvalue weighted by Gasteiger charge is -2.38. The Morgan fingerprint density at radius 2 is 1.56 bits per heavy atom. The smallest absolute Gasteiger partial charge is 0.266 e. The summed E-state index contributed by atoms with van der Waals surface area (Å²) in [7, 11) is 0. The molecule has 0 spiro atoms. The van der Waals surface area contributed by atoms with Crippen LogP contribution in [0.1, 0.15) is 159 Å². The van der Waals surface area contributed by atoms with Crippen LogP contribution in [0.3, 0.4) is 0 Å². The first-order chi connectivity index (χ1) is 30.0. The van der Waals surface area contributed by atoms with E-state index in [0.29, 0.717) is 69.2 Å². The summed E-state index contributed by atoms with van der Waals surface area (Å²) in [5, 5.41) is 13.3. The monoisotopic (exact) mass is 868 g/mol. The van der Waals surface area contributed by atoms with E-state index in [1.54, 1.807) is 18.2 Å². The highest BCUT2D eigenvalue weighted by Gasteiger charge is 2.46. The fraction of sp³-hybridized carbons (Fsp3) is 0.532. The van der Waals surface area contributed by atoms with Crippen LogP contribution in [-0.2, 0) is 19.2 Å². The van der Waals surface area contributed by atoms with Crippen LogP contribution in [0, 0.1) is 0 Å². The van der Waals surface area contributed by atoms with E-state index < -0.39 is 35.8 Å². The first kappa shape index (κ1) is 44.8. The first-order valence-electron chi connectivity index (χ1n) is 22.3. The maximum absolute atomic E-state index is 14.0. The number of amides is 5. The number of carbonyl (C=O) groups excluding carboxylic acids is 6. The number of unbranched alkanes of at least 4 members (excludes halogenated alkanes) is 7. The van der Waals surface area contributed by atoms with Crippen molar-refractivity contribution in [2.24, 2.45) is 0 Å². The van der Waals surface area contributed by atoms with Crippen LogP contribution in [0.4, 0.5) is 5.82 Å². The number of piperidine rings is 1. The van der Waals surface area contributed by atoms with Crippen LogP contribution < -0.4 is 15.0 Å². The van der Waals surface area contributed by atoms with Gasteiger partial charge in [0.05, 0.1) is 35.4 Å². The standard InChI is InChI=1S/C47H57ClN6O8/c1-30-28-37(56)42-40(30)43(50-29-49-42)52-23-25-53(26-24-52)45(59)34(31-17-19-32(48)20-18-31)14-9-8-13-33(55)12-7-5-3-2-4-6-10-27-62-38-16-11-15-35-41(38)47(61)54(46(35)60)36-21-22-39(57)51-44(36)58/h11,15-20,29-30,34,36-37,56H,2-10,12-14,21-28H2,1H3,(H,51,57,58)/t30-,34-,36?,37-/m1/s1. The molecule has 4 aliphatic rings. The van der Waals surface area contributed by atoms with Crippen molar-refractivity contribution < 1.29 is 38.6 Å². The molecule has 1 unspecified atom stereocenters. The number of benzene rings is 2. The molecule has 3 aliphatic heterocycles. The van der Waals surface area contributed by atoms with E-state index >= 15 is 0 Å². The average molecular weight is 869 g/mol. The van der Waals surface area contributed by atoms with E-state index in [4.69, 9.17) is 16.3 Å². The molecule has 4 heterocycles. The van der Waals surface area contributed by atoms with Gasteiger partial charge in [0, 0.05) is 56.0 Å². The molecular formula is C47H57ClN6O8. The molecule has 5 amide bonds. The molecule has 0 radical (unpaired) electrons. The zero-order chi connectivity index (χ0) is 43.8. The number of nitrogens with zero attached hydrogens (tertiary/aromatic N) is 5. The molecule has 2 aromatic carbocycles. The number of piperazine rings is 1. The number of aliphatic hydroxyl groups excluding tert-OH is 1. The Hall–Kier alpha value is -5.21. The topological polar surface area (TPSA) is 179 Å². The third kappa shape index (κ3) is 10.3. The van der Waals surface area contributed by atoms with Crippen molar-refractivity contribution >= 4 is 52.7 Å². The number of nitrogens with one attached hydrogen (secondary N) is 1. The molecule has 7 rings (SSSR count). The van der Waals surface area contributed by atoms with Crippen molar-refractivity contribution in [2.75, 3.05) is 37.7 Å². The molecule has 0 saturated carbocycles. The largest absolute Gasteiger partial charge is 0.493 e. The predicted molar refractivity (Wildman–Crippen MR) is 232 cm³/mol. The number of hydrogen-bond donors (Lipinski definition) is 2. The number of ether oxygens (including phenoxy) is 1. The number of halogens is 1. The van der Waals surface area contributed by atoms with E-state index in [1.807, 2.05) is 29.2 Å². The minimum atomic E-state index is -1.02. The van der Waals surface area contributed by atoms with Gasteiger partial charge in [0.2, 0.25) is 17.7 Å². The lowest BCUT2D eigenvalue weighted by atomic mass is 9.91. The van der Waals surface area contributed by atoms with Crippen LogP contribution in [0.2, 0.25) is 5.02 Å². The second-order valence-corrected chi connectivity index (χ2v) is 17.5. The predicted octanol–water partition coefficient (Wildman–Crippen LogP) is 6.83. The number of aromatic nitrogens is 2. The van der Waals surface area contributed by atoms with Crippen LogP contribution in [0.25, 0.3) is 0 Å². The number of fused-ring (bicyclic) bond motifs is 2. The van der Waals surface area contributed by atoms with Gasteiger partial charge in [0.25, 0.3) is 11.8 Å². The Bertz CT molecular complexity index is 2140. The summed E-state index contributed by atoms with van der Waals surface area (Å²) in [5.41, 5.74) is 3.03. The SMILES string of the molecule is C[C@@H]1C[C@@H](O)c2ncnc(N3CCN(C(=O)[C@H](CCCCC(=O)CCCCCCCCCOc4cccc5c4C(=O)N(C4CCC(=O)NC4=O)C5=O)c4ccc(Cl)cc4)CC3)c21. The van der Waals surface area contributed by atoms with E-state index in [-0.39, 0.29) is 47.5 Å². The van der Waals surface area contributed by atoms with Gasteiger partial charge in [0.15, 0.2) is 0 Å². The summed E-state index contributed by atoms with van der Waals surface area (Å²) in [6.45, 7) is 4.93. The fourth-order valence-electron chi connectivity index (χ4n) is 9.33. The van der Waals surface area contributed by atoms with Gasteiger partial charge in [-0.05, 0) is 74.3 Å².